The Balaban J connectivity index is 1.89. The molecule has 2 aromatic heterocycles. The highest BCUT2D eigenvalue weighted by atomic mass is 32.1. The first kappa shape index (κ1) is 16.4. The van der Waals surface area contributed by atoms with Crippen molar-refractivity contribution in [1.82, 2.24) is 0 Å². The fourth-order valence-electron chi connectivity index (χ4n) is 2.33. The summed E-state index contributed by atoms with van der Waals surface area (Å²) in [7, 11) is 1.34. The van der Waals surface area contributed by atoms with Gasteiger partial charge in [0, 0.05) is 15.8 Å². The molecule has 4 nitrogen and oxygen atoms in total. The van der Waals surface area contributed by atoms with Gasteiger partial charge in [0.2, 0.25) is 5.91 Å². The number of thiophene rings is 2. The Kier molecular flexibility index (Phi) is 5.08. The summed E-state index contributed by atoms with van der Waals surface area (Å²) >= 11 is 2.86. The molecule has 0 atom stereocenters. The Morgan fingerprint density at radius 1 is 1.08 bits per heavy atom. The minimum Gasteiger partial charge on any atom is -0.465 e. The van der Waals surface area contributed by atoms with E-state index in [9.17, 15) is 9.59 Å². The van der Waals surface area contributed by atoms with Crippen LogP contribution in [0.15, 0.2) is 53.2 Å². The average molecular weight is 357 g/mol. The molecule has 3 rings (SSSR count). The summed E-state index contributed by atoms with van der Waals surface area (Å²) in [6.45, 7) is 0. The van der Waals surface area contributed by atoms with E-state index in [1.165, 1.54) is 29.8 Å². The fraction of sp³-hybridized carbons (Fsp3) is 0.111. The van der Waals surface area contributed by atoms with Gasteiger partial charge in [0.25, 0.3) is 0 Å². The summed E-state index contributed by atoms with van der Waals surface area (Å²) in [4.78, 5) is 25.4. The van der Waals surface area contributed by atoms with Crippen LogP contribution in [-0.2, 0) is 16.0 Å². The number of esters is 1. The topological polar surface area (TPSA) is 55.4 Å². The number of nitrogens with one attached hydrogen (secondary N) is 1. The third kappa shape index (κ3) is 3.55. The Hall–Kier alpha value is -2.44. The van der Waals surface area contributed by atoms with Gasteiger partial charge in [-0.3, -0.25) is 4.79 Å². The fourth-order valence-corrected chi connectivity index (χ4v) is 4.00. The minimum absolute atomic E-state index is 0.149. The van der Waals surface area contributed by atoms with Crippen LogP contribution < -0.4 is 5.32 Å². The summed E-state index contributed by atoms with van der Waals surface area (Å²) < 4.78 is 4.90. The standard InChI is InChI=1S/C18H15NO3S2/c1-22-18(21)16-14(12-6-3-2-4-7-12)11-24-17(16)19-15(20)10-13-8-5-9-23-13/h2-9,11H,10H2,1H3,(H,19,20). The lowest BCUT2D eigenvalue weighted by molar-refractivity contribution is -0.115. The zero-order valence-corrected chi connectivity index (χ0v) is 14.6. The highest BCUT2D eigenvalue weighted by Crippen LogP contribution is 2.36. The van der Waals surface area contributed by atoms with Crippen molar-refractivity contribution < 1.29 is 14.3 Å². The van der Waals surface area contributed by atoms with E-state index in [1.807, 2.05) is 53.2 Å². The van der Waals surface area contributed by atoms with Crippen LogP contribution in [0, 0.1) is 0 Å². The monoisotopic (exact) mass is 357 g/mol. The summed E-state index contributed by atoms with van der Waals surface area (Å²) in [6, 6.07) is 13.4. The molecule has 0 saturated heterocycles. The Labute approximate surface area is 147 Å². The molecule has 0 aliphatic heterocycles. The Morgan fingerprint density at radius 3 is 2.54 bits per heavy atom. The number of rotatable bonds is 5. The van der Waals surface area contributed by atoms with Crippen LogP contribution in [0.4, 0.5) is 5.00 Å². The van der Waals surface area contributed by atoms with Gasteiger partial charge in [0.05, 0.1) is 13.5 Å². The molecule has 0 radical (unpaired) electrons. The molecule has 1 aromatic carbocycles. The highest BCUT2D eigenvalue weighted by molar-refractivity contribution is 7.15. The third-order valence-corrected chi connectivity index (χ3v) is 5.21. The summed E-state index contributed by atoms with van der Waals surface area (Å²) in [6.07, 6.45) is 0.289. The van der Waals surface area contributed by atoms with Crippen molar-refractivity contribution in [1.29, 1.82) is 0 Å². The molecule has 24 heavy (non-hydrogen) atoms. The molecule has 1 amide bonds. The number of hydrogen-bond acceptors (Lipinski definition) is 5. The van der Waals surface area contributed by atoms with Crippen LogP contribution in [0.5, 0.6) is 0 Å². The molecule has 0 spiro atoms. The number of carbonyl (C=O) groups excluding carboxylic acids is 2. The van der Waals surface area contributed by atoms with Crippen molar-refractivity contribution >= 4 is 39.6 Å². The molecule has 6 heteroatoms. The predicted molar refractivity (Wildman–Crippen MR) is 97.7 cm³/mol. The van der Waals surface area contributed by atoms with Crippen LogP contribution in [0.1, 0.15) is 15.2 Å². The number of hydrogen-bond donors (Lipinski definition) is 1. The van der Waals surface area contributed by atoms with Gasteiger partial charge in [-0.1, -0.05) is 36.4 Å². The van der Waals surface area contributed by atoms with E-state index in [-0.39, 0.29) is 12.3 Å². The number of ether oxygens (including phenoxy) is 1. The maximum Gasteiger partial charge on any atom is 0.341 e. The van der Waals surface area contributed by atoms with Crippen LogP contribution in [-0.4, -0.2) is 19.0 Å². The van der Waals surface area contributed by atoms with Crippen LogP contribution in [0.3, 0.4) is 0 Å². The summed E-state index contributed by atoms with van der Waals surface area (Å²) in [5.74, 6) is -0.606. The first-order valence-electron chi connectivity index (χ1n) is 7.26. The average Bonchev–Trinajstić information content (AvgIpc) is 3.25. The molecule has 2 heterocycles. The first-order chi connectivity index (χ1) is 11.7. The second-order valence-electron chi connectivity index (χ2n) is 5.02. The molecular formula is C18H15NO3S2. The number of methoxy groups -OCH3 is 1. The van der Waals surface area contributed by atoms with Crippen LogP contribution in [0.2, 0.25) is 0 Å². The van der Waals surface area contributed by atoms with Gasteiger partial charge in [-0.15, -0.1) is 22.7 Å². The second-order valence-corrected chi connectivity index (χ2v) is 6.93. The summed E-state index contributed by atoms with van der Waals surface area (Å²) in [5.41, 5.74) is 2.07. The lowest BCUT2D eigenvalue weighted by Crippen LogP contribution is -2.15. The van der Waals surface area contributed by atoms with Gasteiger partial charge >= 0.3 is 5.97 Å². The normalized spacial score (nSPS) is 10.4. The zero-order chi connectivity index (χ0) is 16.9. The predicted octanol–water partition coefficient (Wildman–Crippen LogP) is 4.44. The lowest BCUT2D eigenvalue weighted by Gasteiger charge is -2.07. The number of anilines is 1. The van der Waals surface area contributed by atoms with Gasteiger partial charge in [-0.05, 0) is 17.0 Å². The van der Waals surface area contributed by atoms with E-state index >= 15 is 0 Å². The lowest BCUT2D eigenvalue weighted by atomic mass is 10.0. The Morgan fingerprint density at radius 2 is 1.88 bits per heavy atom. The maximum atomic E-state index is 12.2. The first-order valence-corrected chi connectivity index (χ1v) is 9.02. The van der Waals surface area contributed by atoms with Crippen LogP contribution >= 0.6 is 22.7 Å². The van der Waals surface area contributed by atoms with E-state index in [4.69, 9.17) is 4.74 Å². The molecule has 0 saturated carbocycles. The summed E-state index contributed by atoms with van der Waals surface area (Å²) in [5, 5.41) is 7.15. The smallest absolute Gasteiger partial charge is 0.341 e. The largest absolute Gasteiger partial charge is 0.465 e. The van der Waals surface area contributed by atoms with E-state index in [0.717, 1.165) is 16.0 Å². The second kappa shape index (κ2) is 7.42. The van der Waals surface area contributed by atoms with E-state index in [0.29, 0.717) is 10.6 Å². The van der Waals surface area contributed by atoms with Crippen molar-refractivity contribution in [3.05, 3.63) is 63.7 Å². The molecule has 1 N–H and O–H groups in total. The van der Waals surface area contributed by atoms with Gasteiger partial charge in [-0.2, -0.15) is 0 Å². The van der Waals surface area contributed by atoms with E-state index < -0.39 is 5.97 Å². The van der Waals surface area contributed by atoms with Crippen molar-refractivity contribution in [2.45, 2.75) is 6.42 Å². The van der Waals surface area contributed by atoms with Gasteiger partial charge in [0.15, 0.2) is 0 Å². The molecule has 122 valence electrons. The van der Waals surface area contributed by atoms with E-state index in [1.54, 1.807) is 0 Å². The molecular weight excluding hydrogens is 342 g/mol. The number of benzene rings is 1. The van der Waals surface area contributed by atoms with Gasteiger partial charge < -0.3 is 10.1 Å². The number of amides is 1. The van der Waals surface area contributed by atoms with Crippen molar-refractivity contribution in [2.24, 2.45) is 0 Å². The molecule has 0 bridgehead atoms. The minimum atomic E-state index is -0.457. The van der Waals surface area contributed by atoms with Crippen molar-refractivity contribution in [3.63, 3.8) is 0 Å². The molecule has 0 fully saturated rings. The highest BCUT2D eigenvalue weighted by Gasteiger charge is 2.22. The number of carbonyl (C=O) groups is 2. The van der Waals surface area contributed by atoms with Crippen LogP contribution in [0.25, 0.3) is 11.1 Å². The SMILES string of the molecule is COC(=O)c1c(-c2ccccc2)csc1NC(=O)Cc1cccs1. The van der Waals surface area contributed by atoms with Gasteiger partial charge in [0.1, 0.15) is 10.6 Å². The van der Waals surface area contributed by atoms with Crippen molar-refractivity contribution in [2.75, 3.05) is 12.4 Å². The molecule has 3 aromatic rings. The van der Waals surface area contributed by atoms with Crippen molar-refractivity contribution in [3.8, 4) is 11.1 Å². The third-order valence-electron chi connectivity index (χ3n) is 3.43. The zero-order valence-electron chi connectivity index (χ0n) is 12.9. The van der Waals surface area contributed by atoms with E-state index in [2.05, 4.69) is 5.32 Å². The molecule has 0 unspecified atom stereocenters. The molecule has 0 aliphatic rings. The maximum absolute atomic E-state index is 12.2. The van der Waals surface area contributed by atoms with Gasteiger partial charge in [-0.25, -0.2) is 4.79 Å². The Bertz CT molecular complexity index is 839. The molecule has 0 aliphatic carbocycles. The quantitative estimate of drug-likeness (QED) is 0.687.